The van der Waals surface area contributed by atoms with Crippen LogP contribution < -0.4 is 18.9 Å². The highest BCUT2D eigenvalue weighted by Crippen LogP contribution is 2.46. The number of benzene rings is 2. The van der Waals surface area contributed by atoms with Crippen LogP contribution in [0.15, 0.2) is 23.4 Å². The van der Waals surface area contributed by atoms with Gasteiger partial charge in [0.25, 0.3) is 0 Å². The summed E-state index contributed by atoms with van der Waals surface area (Å²) in [6, 6.07) is 5.66. The summed E-state index contributed by atoms with van der Waals surface area (Å²) in [4.78, 5) is 5.52. The molecule has 0 bridgehead atoms. The van der Waals surface area contributed by atoms with Crippen molar-refractivity contribution in [2.24, 2.45) is 5.16 Å². The van der Waals surface area contributed by atoms with Crippen LogP contribution in [0.1, 0.15) is 45.1 Å². The fourth-order valence-electron chi connectivity index (χ4n) is 3.15. The third kappa shape index (κ3) is 4.43. The van der Waals surface area contributed by atoms with Crippen molar-refractivity contribution in [3.05, 3.63) is 23.8 Å². The van der Waals surface area contributed by atoms with Crippen LogP contribution in [0.25, 0.3) is 10.8 Å². The number of hydrogen-bond acceptors (Lipinski definition) is 6. The number of ether oxygens (including phenoxy) is 4. The summed E-state index contributed by atoms with van der Waals surface area (Å²) < 4.78 is 22.7. The third-order valence-electron chi connectivity index (χ3n) is 4.53. The molecule has 0 saturated carbocycles. The summed E-state index contributed by atoms with van der Waals surface area (Å²) in [6.45, 7) is 4.77. The molecule has 28 heavy (non-hydrogen) atoms. The Morgan fingerprint density at radius 3 is 2.00 bits per heavy atom. The maximum absolute atomic E-state index is 5.84. The Morgan fingerprint density at radius 2 is 1.46 bits per heavy atom. The van der Waals surface area contributed by atoms with Gasteiger partial charge in [-0.25, -0.2) is 0 Å². The van der Waals surface area contributed by atoms with E-state index in [2.05, 4.69) is 19.0 Å². The lowest BCUT2D eigenvalue weighted by atomic mass is 9.97. The van der Waals surface area contributed by atoms with Gasteiger partial charge in [-0.3, -0.25) is 0 Å². The van der Waals surface area contributed by atoms with Crippen LogP contribution in [-0.4, -0.2) is 40.8 Å². The predicted molar refractivity (Wildman–Crippen MR) is 112 cm³/mol. The van der Waals surface area contributed by atoms with Crippen molar-refractivity contribution in [3.63, 3.8) is 0 Å². The molecule has 0 aliphatic carbocycles. The fraction of sp³-hybridized carbons (Fsp3) is 0.500. The second-order valence-corrected chi connectivity index (χ2v) is 6.35. The zero-order valence-electron chi connectivity index (χ0n) is 17.8. The molecule has 0 fully saturated rings. The van der Waals surface area contributed by atoms with Gasteiger partial charge >= 0.3 is 0 Å². The summed E-state index contributed by atoms with van der Waals surface area (Å²) in [5.41, 5.74) is 1.67. The molecule has 2 rings (SSSR count). The lowest BCUT2D eigenvalue weighted by molar-refractivity contribution is 0.144. The second kappa shape index (κ2) is 10.6. The average Bonchev–Trinajstić information content (AvgIpc) is 2.74. The van der Waals surface area contributed by atoms with Crippen LogP contribution in [0.2, 0.25) is 0 Å². The number of rotatable bonds is 11. The maximum atomic E-state index is 5.84. The summed E-state index contributed by atoms with van der Waals surface area (Å²) in [7, 11) is 6.55. The SMILES string of the molecule is CCCCC(=NOCCC)c1cc(OC)c2c(OC)ccc(OC)c2c1OC. The Bertz CT molecular complexity index is 816. The molecule has 0 spiro atoms. The van der Waals surface area contributed by atoms with Crippen LogP contribution in [0.4, 0.5) is 0 Å². The van der Waals surface area contributed by atoms with E-state index in [0.29, 0.717) is 29.6 Å². The molecule has 6 nitrogen and oxygen atoms in total. The minimum atomic E-state index is 0.569. The first-order valence-corrected chi connectivity index (χ1v) is 9.65. The molecule has 0 saturated heterocycles. The number of fused-ring (bicyclic) bond motifs is 1. The monoisotopic (exact) mass is 389 g/mol. The molecule has 0 amide bonds. The Balaban J connectivity index is 2.82. The van der Waals surface area contributed by atoms with Crippen molar-refractivity contribution >= 4 is 16.5 Å². The van der Waals surface area contributed by atoms with Gasteiger partial charge in [0, 0.05) is 5.56 Å². The molecule has 2 aromatic carbocycles. The van der Waals surface area contributed by atoms with E-state index >= 15 is 0 Å². The van der Waals surface area contributed by atoms with E-state index in [9.17, 15) is 0 Å². The molecule has 6 heteroatoms. The molecule has 0 aliphatic heterocycles. The van der Waals surface area contributed by atoms with Crippen molar-refractivity contribution in [3.8, 4) is 23.0 Å². The zero-order chi connectivity index (χ0) is 20.5. The number of oxime groups is 1. The Morgan fingerprint density at radius 1 is 0.821 bits per heavy atom. The first-order valence-electron chi connectivity index (χ1n) is 9.65. The van der Waals surface area contributed by atoms with Crippen molar-refractivity contribution in [2.45, 2.75) is 39.5 Å². The smallest absolute Gasteiger partial charge is 0.140 e. The summed E-state index contributed by atoms with van der Waals surface area (Å²) in [5.74, 6) is 2.70. The maximum Gasteiger partial charge on any atom is 0.140 e. The van der Waals surface area contributed by atoms with Crippen LogP contribution in [0.5, 0.6) is 23.0 Å². The summed E-state index contributed by atoms with van der Waals surface area (Å²) in [6.07, 6.45) is 3.72. The normalized spacial score (nSPS) is 11.4. The van der Waals surface area contributed by atoms with Gasteiger partial charge in [0.2, 0.25) is 0 Å². The zero-order valence-corrected chi connectivity index (χ0v) is 17.8. The fourth-order valence-corrected chi connectivity index (χ4v) is 3.15. The van der Waals surface area contributed by atoms with E-state index in [4.69, 9.17) is 23.8 Å². The van der Waals surface area contributed by atoms with Crippen LogP contribution in [0.3, 0.4) is 0 Å². The highest BCUT2D eigenvalue weighted by molar-refractivity contribution is 6.12. The van der Waals surface area contributed by atoms with Gasteiger partial charge in [-0.05, 0) is 37.5 Å². The number of hydrogen-bond donors (Lipinski definition) is 0. The highest BCUT2D eigenvalue weighted by atomic mass is 16.6. The van der Waals surface area contributed by atoms with E-state index in [-0.39, 0.29) is 0 Å². The van der Waals surface area contributed by atoms with E-state index in [1.165, 1.54) is 0 Å². The molecule has 0 aliphatic rings. The molecule has 0 atom stereocenters. The van der Waals surface area contributed by atoms with Gasteiger partial charge in [0.05, 0.1) is 44.9 Å². The molecule has 154 valence electrons. The molecular weight excluding hydrogens is 358 g/mol. The standard InChI is InChI=1S/C22H31NO5/c1-7-9-10-16(23-28-13-8-2)15-14-19(26-5)20-17(24-3)11-12-18(25-4)21(20)22(15)27-6/h11-12,14H,7-10,13H2,1-6H3. The van der Waals surface area contributed by atoms with Gasteiger partial charge in [0.15, 0.2) is 0 Å². The minimum absolute atomic E-state index is 0.569. The topological polar surface area (TPSA) is 58.5 Å². The van der Waals surface area contributed by atoms with Gasteiger partial charge in [0.1, 0.15) is 29.6 Å². The van der Waals surface area contributed by atoms with Crippen LogP contribution in [-0.2, 0) is 4.84 Å². The van der Waals surface area contributed by atoms with Crippen LogP contribution in [0, 0.1) is 0 Å². The molecule has 0 aromatic heterocycles. The third-order valence-corrected chi connectivity index (χ3v) is 4.53. The number of unbranched alkanes of at least 4 members (excludes halogenated alkanes) is 1. The molecular formula is C22H31NO5. The van der Waals surface area contributed by atoms with Crippen molar-refractivity contribution in [1.29, 1.82) is 0 Å². The van der Waals surface area contributed by atoms with E-state index < -0.39 is 0 Å². The van der Waals surface area contributed by atoms with E-state index in [0.717, 1.165) is 47.7 Å². The number of methoxy groups -OCH3 is 4. The Hall–Kier alpha value is -2.63. The molecule has 0 N–H and O–H groups in total. The van der Waals surface area contributed by atoms with Gasteiger partial charge in [-0.1, -0.05) is 25.4 Å². The highest BCUT2D eigenvalue weighted by Gasteiger charge is 2.23. The molecule has 2 aromatic rings. The summed E-state index contributed by atoms with van der Waals surface area (Å²) >= 11 is 0. The average molecular weight is 389 g/mol. The first-order chi connectivity index (χ1) is 13.7. The van der Waals surface area contributed by atoms with Crippen molar-refractivity contribution < 1.29 is 23.8 Å². The Kier molecular flexibility index (Phi) is 8.23. The quantitative estimate of drug-likeness (QED) is 0.300. The molecule has 0 unspecified atom stereocenters. The van der Waals surface area contributed by atoms with Crippen LogP contribution >= 0.6 is 0 Å². The second-order valence-electron chi connectivity index (χ2n) is 6.35. The van der Waals surface area contributed by atoms with Gasteiger partial charge in [-0.15, -0.1) is 0 Å². The first kappa shape index (κ1) is 21.7. The van der Waals surface area contributed by atoms with Crippen molar-refractivity contribution in [1.82, 2.24) is 0 Å². The van der Waals surface area contributed by atoms with E-state index in [1.807, 2.05) is 18.2 Å². The van der Waals surface area contributed by atoms with Crippen molar-refractivity contribution in [2.75, 3.05) is 35.0 Å². The molecule has 0 heterocycles. The minimum Gasteiger partial charge on any atom is -0.496 e. The lowest BCUT2D eigenvalue weighted by Crippen LogP contribution is -2.07. The largest absolute Gasteiger partial charge is 0.496 e. The van der Waals surface area contributed by atoms with E-state index in [1.54, 1.807) is 28.4 Å². The summed E-state index contributed by atoms with van der Waals surface area (Å²) in [5, 5.41) is 6.01. The molecule has 0 radical (unpaired) electrons. The predicted octanol–water partition coefficient (Wildman–Crippen LogP) is 5.20. The lowest BCUT2D eigenvalue weighted by Gasteiger charge is -2.19. The van der Waals surface area contributed by atoms with Gasteiger partial charge in [-0.2, -0.15) is 0 Å². The van der Waals surface area contributed by atoms with Gasteiger partial charge < -0.3 is 23.8 Å². The number of nitrogens with zero attached hydrogens (tertiary/aromatic N) is 1. The Labute approximate surface area is 167 Å².